The van der Waals surface area contributed by atoms with Crippen molar-refractivity contribution in [2.24, 2.45) is 0 Å². The molecule has 0 saturated heterocycles. The lowest BCUT2D eigenvalue weighted by atomic mass is 10.4. The van der Waals surface area contributed by atoms with E-state index in [4.69, 9.17) is 0 Å². The smallest absolute Gasteiger partial charge is 0.336 e. The first kappa shape index (κ1) is 13.6. The number of rotatable bonds is 6. The van der Waals surface area contributed by atoms with Gasteiger partial charge in [0.25, 0.3) is 0 Å². The Kier molecular flexibility index (Phi) is 5.97. The molecule has 0 unspecified atom stereocenters. The summed E-state index contributed by atoms with van der Waals surface area (Å²) in [7, 11) is 0. The fourth-order valence-corrected chi connectivity index (χ4v) is 0.546. The zero-order chi connectivity index (χ0) is 12.6. The van der Waals surface area contributed by atoms with E-state index in [0.717, 1.165) is 12.2 Å². The molecule has 4 heteroatoms. The van der Waals surface area contributed by atoms with E-state index in [2.05, 4.69) is 35.8 Å². The Hall–Kier alpha value is -2.36. The standard InChI is InChI=1S/C12H12O4/c1-5-9(3)15-11(13)7-8-12(14)16-10(4)6-2/h5-8H,1-4H2/b8-7-. The van der Waals surface area contributed by atoms with E-state index in [-0.39, 0.29) is 11.5 Å². The van der Waals surface area contributed by atoms with Crippen molar-refractivity contribution < 1.29 is 19.1 Å². The lowest BCUT2D eigenvalue weighted by molar-refractivity contribution is -0.136. The summed E-state index contributed by atoms with van der Waals surface area (Å²) >= 11 is 0. The number of esters is 2. The van der Waals surface area contributed by atoms with Crippen LogP contribution in [0, 0.1) is 0 Å². The molecular formula is C12H12O4. The highest BCUT2D eigenvalue weighted by Crippen LogP contribution is 1.98. The van der Waals surface area contributed by atoms with Gasteiger partial charge in [0, 0.05) is 12.2 Å². The van der Waals surface area contributed by atoms with Gasteiger partial charge < -0.3 is 9.47 Å². The van der Waals surface area contributed by atoms with Gasteiger partial charge in [-0.25, -0.2) is 9.59 Å². The number of ether oxygens (including phenoxy) is 2. The summed E-state index contributed by atoms with van der Waals surface area (Å²) in [5.74, 6) is -1.30. The maximum Gasteiger partial charge on any atom is 0.336 e. The first-order valence-electron chi connectivity index (χ1n) is 4.24. The lowest BCUT2D eigenvalue weighted by Gasteiger charge is -1.99. The molecule has 0 radical (unpaired) electrons. The Bertz CT molecular complexity index is 338. The van der Waals surface area contributed by atoms with Crippen LogP contribution in [0.2, 0.25) is 0 Å². The summed E-state index contributed by atoms with van der Waals surface area (Å²) < 4.78 is 9.19. The minimum atomic E-state index is -0.744. The number of carbonyl (C=O) groups is 2. The van der Waals surface area contributed by atoms with Crippen LogP contribution in [0.25, 0.3) is 0 Å². The molecule has 0 saturated carbocycles. The van der Waals surface area contributed by atoms with Crippen molar-refractivity contribution in [2.75, 3.05) is 0 Å². The van der Waals surface area contributed by atoms with Crippen LogP contribution in [0.5, 0.6) is 0 Å². The van der Waals surface area contributed by atoms with Gasteiger partial charge in [0.2, 0.25) is 0 Å². The number of carbonyl (C=O) groups excluding carboxylic acids is 2. The molecular weight excluding hydrogens is 208 g/mol. The van der Waals surface area contributed by atoms with Gasteiger partial charge in [0.05, 0.1) is 0 Å². The van der Waals surface area contributed by atoms with Gasteiger partial charge in [-0.1, -0.05) is 26.3 Å². The second-order valence-corrected chi connectivity index (χ2v) is 2.52. The van der Waals surface area contributed by atoms with Crippen molar-refractivity contribution in [3.63, 3.8) is 0 Å². The molecule has 0 heterocycles. The molecule has 0 fully saturated rings. The summed E-state index contributed by atoms with van der Waals surface area (Å²) in [6.45, 7) is 13.4. The Balaban J connectivity index is 4.17. The normalized spacial score (nSPS) is 9.25. The molecule has 0 rings (SSSR count). The summed E-state index contributed by atoms with van der Waals surface area (Å²) in [5.41, 5.74) is 0. The van der Waals surface area contributed by atoms with E-state index < -0.39 is 11.9 Å². The van der Waals surface area contributed by atoms with Crippen LogP contribution >= 0.6 is 0 Å². The quantitative estimate of drug-likeness (QED) is 0.297. The zero-order valence-electron chi connectivity index (χ0n) is 8.77. The summed E-state index contributed by atoms with van der Waals surface area (Å²) in [6.07, 6.45) is 4.36. The zero-order valence-corrected chi connectivity index (χ0v) is 8.77. The Labute approximate surface area is 93.9 Å². The van der Waals surface area contributed by atoms with E-state index in [1.165, 1.54) is 12.2 Å². The van der Waals surface area contributed by atoms with Crippen LogP contribution in [0.1, 0.15) is 0 Å². The molecule has 0 aliphatic rings. The van der Waals surface area contributed by atoms with Crippen LogP contribution in [0.4, 0.5) is 0 Å². The molecule has 84 valence electrons. The molecule has 0 aromatic carbocycles. The Morgan fingerprint density at radius 2 is 1.12 bits per heavy atom. The Morgan fingerprint density at radius 1 is 0.812 bits per heavy atom. The minimum Gasteiger partial charge on any atom is -0.424 e. The van der Waals surface area contributed by atoms with Crippen LogP contribution in [0.3, 0.4) is 0 Å². The van der Waals surface area contributed by atoms with Crippen molar-refractivity contribution >= 4 is 11.9 Å². The SMILES string of the molecule is C=CC(=C)OC(=O)/C=C\C(=O)OC(=C)C=C. The van der Waals surface area contributed by atoms with Gasteiger partial charge in [0.15, 0.2) is 0 Å². The maximum atomic E-state index is 11.0. The highest BCUT2D eigenvalue weighted by atomic mass is 16.5. The van der Waals surface area contributed by atoms with E-state index in [1.807, 2.05) is 0 Å². The molecule has 0 aromatic rings. The van der Waals surface area contributed by atoms with Crippen LogP contribution < -0.4 is 0 Å². The first-order valence-corrected chi connectivity index (χ1v) is 4.24. The second-order valence-electron chi connectivity index (χ2n) is 2.52. The van der Waals surface area contributed by atoms with E-state index in [1.54, 1.807) is 0 Å². The fraction of sp³-hybridized carbons (Fsp3) is 0. The van der Waals surface area contributed by atoms with Crippen molar-refractivity contribution in [3.05, 3.63) is 62.1 Å². The summed E-state index contributed by atoms with van der Waals surface area (Å²) in [4.78, 5) is 22.0. The van der Waals surface area contributed by atoms with Crippen LogP contribution in [0.15, 0.2) is 62.1 Å². The van der Waals surface area contributed by atoms with Gasteiger partial charge >= 0.3 is 11.9 Å². The monoisotopic (exact) mass is 220 g/mol. The molecule has 0 spiro atoms. The average molecular weight is 220 g/mol. The molecule has 0 aliphatic carbocycles. The third-order valence-electron chi connectivity index (χ3n) is 1.27. The van der Waals surface area contributed by atoms with Crippen LogP contribution in [-0.4, -0.2) is 11.9 Å². The number of hydrogen-bond donors (Lipinski definition) is 0. The largest absolute Gasteiger partial charge is 0.424 e. The molecule has 16 heavy (non-hydrogen) atoms. The molecule has 0 amide bonds. The second kappa shape index (κ2) is 7.00. The third kappa shape index (κ3) is 6.15. The van der Waals surface area contributed by atoms with Gasteiger partial charge in [0.1, 0.15) is 11.5 Å². The van der Waals surface area contributed by atoms with E-state index in [0.29, 0.717) is 0 Å². The minimum absolute atomic E-state index is 0.0959. The molecule has 0 bridgehead atoms. The fourth-order valence-electron chi connectivity index (χ4n) is 0.546. The lowest BCUT2D eigenvalue weighted by Crippen LogP contribution is -2.02. The topological polar surface area (TPSA) is 52.6 Å². The molecule has 0 aromatic heterocycles. The van der Waals surface area contributed by atoms with Gasteiger partial charge in [-0.2, -0.15) is 0 Å². The Morgan fingerprint density at radius 3 is 1.38 bits per heavy atom. The predicted octanol–water partition coefficient (Wildman–Crippen LogP) is 2.03. The molecule has 0 N–H and O–H groups in total. The highest BCUT2D eigenvalue weighted by molar-refractivity contribution is 5.92. The average Bonchev–Trinajstić information content (AvgIpc) is 2.26. The first-order chi connectivity index (χ1) is 7.49. The van der Waals surface area contributed by atoms with Crippen molar-refractivity contribution in [1.29, 1.82) is 0 Å². The molecule has 0 atom stereocenters. The van der Waals surface area contributed by atoms with Gasteiger partial charge in [-0.15, -0.1) is 0 Å². The highest BCUT2D eigenvalue weighted by Gasteiger charge is 2.02. The van der Waals surface area contributed by atoms with Gasteiger partial charge in [-0.05, 0) is 12.2 Å². The molecule has 0 aliphatic heterocycles. The van der Waals surface area contributed by atoms with Crippen molar-refractivity contribution in [1.82, 2.24) is 0 Å². The predicted molar refractivity (Wildman–Crippen MR) is 60.0 cm³/mol. The number of hydrogen-bond acceptors (Lipinski definition) is 4. The summed E-state index contributed by atoms with van der Waals surface area (Å²) in [6, 6.07) is 0. The summed E-state index contributed by atoms with van der Waals surface area (Å²) in [5, 5.41) is 0. The van der Waals surface area contributed by atoms with Crippen molar-refractivity contribution in [3.8, 4) is 0 Å². The number of allylic oxidation sites excluding steroid dienone is 2. The van der Waals surface area contributed by atoms with E-state index >= 15 is 0 Å². The van der Waals surface area contributed by atoms with Crippen molar-refractivity contribution in [2.45, 2.75) is 0 Å². The third-order valence-corrected chi connectivity index (χ3v) is 1.27. The van der Waals surface area contributed by atoms with Crippen LogP contribution in [-0.2, 0) is 19.1 Å². The van der Waals surface area contributed by atoms with Gasteiger partial charge in [-0.3, -0.25) is 0 Å². The molecule has 4 nitrogen and oxygen atoms in total. The maximum absolute atomic E-state index is 11.0. The van der Waals surface area contributed by atoms with E-state index in [9.17, 15) is 9.59 Å².